The van der Waals surface area contributed by atoms with Crippen molar-refractivity contribution < 1.29 is 9.84 Å². The van der Waals surface area contributed by atoms with Gasteiger partial charge in [0.1, 0.15) is 11.5 Å². The lowest BCUT2D eigenvalue weighted by atomic mass is 9.98. The van der Waals surface area contributed by atoms with Crippen LogP contribution in [0.5, 0.6) is 11.5 Å². The zero-order valence-electron chi connectivity index (χ0n) is 10.1. The van der Waals surface area contributed by atoms with Crippen molar-refractivity contribution in [3.8, 4) is 11.5 Å². The van der Waals surface area contributed by atoms with E-state index in [1.54, 1.807) is 18.6 Å². The third-order valence-corrected chi connectivity index (χ3v) is 3.14. The molecule has 0 atom stereocenters. The van der Waals surface area contributed by atoms with Crippen LogP contribution in [0.15, 0.2) is 17.5 Å². The SMILES string of the molecule is COc1cc(C(C)C)c(O)cc1/C(N)=C/SS. The van der Waals surface area contributed by atoms with Crippen molar-refractivity contribution in [2.45, 2.75) is 19.8 Å². The van der Waals surface area contributed by atoms with Crippen LogP contribution in [0.2, 0.25) is 0 Å². The summed E-state index contributed by atoms with van der Waals surface area (Å²) in [6.45, 7) is 4.02. The Labute approximate surface area is 111 Å². The first-order valence-electron chi connectivity index (χ1n) is 5.18. The van der Waals surface area contributed by atoms with Crippen LogP contribution in [0.1, 0.15) is 30.9 Å². The van der Waals surface area contributed by atoms with Crippen molar-refractivity contribution in [3.05, 3.63) is 28.7 Å². The van der Waals surface area contributed by atoms with Crippen molar-refractivity contribution in [3.63, 3.8) is 0 Å². The minimum atomic E-state index is 0.224. The van der Waals surface area contributed by atoms with E-state index in [2.05, 4.69) is 11.7 Å². The second-order valence-corrected chi connectivity index (χ2v) is 5.02. The maximum atomic E-state index is 9.93. The van der Waals surface area contributed by atoms with E-state index >= 15 is 0 Å². The zero-order valence-corrected chi connectivity index (χ0v) is 11.8. The molecular weight excluding hydrogens is 254 g/mol. The highest BCUT2D eigenvalue weighted by Gasteiger charge is 2.13. The van der Waals surface area contributed by atoms with E-state index in [1.807, 2.05) is 19.9 Å². The fraction of sp³-hybridized carbons (Fsp3) is 0.333. The maximum Gasteiger partial charge on any atom is 0.128 e. The summed E-state index contributed by atoms with van der Waals surface area (Å²) in [5.74, 6) is 1.11. The van der Waals surface area contributed by atoms with Gasteiger partial charge in [-0.1, -0.05) is 24.6 Å². The van der Waals surface area contributed by atoms with Crippen LogP contribution in [-0.2, 0) is 0 Å². The highest BCUT2D eigenvalue weighted by atomic mass is 33.1. The van der Waals surface area contributed by atoms with Crippen molar-refractivity contribution in [2.75, 3.05) is 7.11 Å². The Kier molecular flexibility index (Phi) is 5.08. The molecule has 0 bridgehead atoms. The number of phenols is 1. The lowest BCUT2D eigenvalue weighted by Crippen LogP contribution is -2.01. The van der Waals surface area contributed by atoms with Gasteiger partial charge in [-0.05, 0) is 18.1 Å². The number of thiol groups is 1. The van der Waals surface area contributed by atoms with Gasteiger partial charge in [-0.2, -0.15) is 0 Å². The summed E-state index contributed by atoms with van der Waals surface area (Å²) in [7, 11) is 2.79. The molecule has 5 heteroatoms. The predicted molar refractivity (Wildman–Crippen MR) is 77.5 cm³/mol. The number of rotatable bonds is 4. The van der Waals surface area contributed by atoms with E-state index in [-0.39, 0.29) is 11.7 Å². The van der Waals surface area contributed by atoms with Gasteiger partial charge < -0.3 is 15.6 Å². The average Bonchev–Trinajstić information content (AvgIpc) is 2.28. The first kappa shape index (κ1) is 14.1. The molecule has 0 aliphatic carbocycles. The topological polar surface area (TPSA) is 55.5 Å². The van der Waals surface area contributed by atoms with Gasteiger partial charge in [0.15, 0.2) is 0 Å². The number of ether oxygens (including phenoxy) is 1. The number of hydrogen-bond donors (Lipinski definition) is 3. The van der Waals surface area contributed by atoms with Crippen LogP contribution in [0.25, 0.3) is 5.70 Å². The normalized spacial score (nSPS) is 11.9. The highest BCUT2D eigenvalue weighted by molar-refractivity contribution is 8.70. The van der Waals surface area contributed by atoms with Crippen molar-refractivity contribution in [1.29, 1.82) is 0 Å². The standard InChI is InChI=1S/C12H17NO2S2/c1-7(2)8-5-12(15-3)9(4-11(8)14)10(13)6-17-16/h4-7,14,16H,13H2,1-3H3/b10-6-. The summed E-state index contributed by atoms with van der Waals surface area (Å²) < 4.78 is 5.29. The number of hydrogen-bond acceptors (Lipinski definition) is 5. The molecule has 94 valence electrons. The Morgan fingerprint density at radius 2 is 2.18 bits per heavy atom. The van der Waals surface area contributed by atoms with E-state index in [9.17, 15) is 5.11 Å². The van der Waals surface area contributed by atoms with Crippen molar-refractivity contribution in [2.24, 2.45) is 5.73 Å². The minimum Gasteiger partial charge on any atom is -0.508 e. The maximum absolute atomic E-state index is 9.93. The largest absolute Gasteiger partial charge is 0.508 e. The summed E-state index contributed by atoms with van der Waals surface area (Å²) in [5.41, 5.74) is 7.92. The van der Waals surface area contributed by atoms with E-state index in [1.165, 1.54) is 10.8 Å². The molecule has 1 rings (SSSR count). The molecule has 0 heterocycles. The Balaban J connectivity index is 3.33. The molecule has 0 saturated heterocycles. The van der Waals surface area contributed by atoms with E-state index in [0.717, 1.165) is 5.56 Å². The lowest BCUT2D eigenvalue weighted by molar-refractivity contribution is 0.408. The molecule has 0 amide bonds. The summed E-state index contributed by atoms with van der Waals surface area (Å²) in [6.07, 6.45) is 0. The van der Waals surface area contributed by atoms with Crippen LogP contribution in [-0.4, -0.2) is 12.2 Å². The number of benzene rings is 1. The second-order valence-electron chi connectivity index (χ2n) is 3.94. The molecule has 17 heavy (non-hydrogen) atoms. The monoisotopic (exact) mass is 271 g/mol. The molecular formula is C12H17NO2S2. The van der Waals surface area contributed by atoms with E-state index < -0.39 is 0 Å². The first-order chi connectivity index (χ1) is 8.01. The van der Waals surface area contributed by atoms with Gasteiger partial charge in [0.25, 0.3) is 0 Å². The summed E-state index contributed by atoms with van der Waals surface area (Å²) in [4.78, 5) is 0. The first-order valence-corrected chi connectivity index (χ1v) is 7.11. The van der Waals surface area contributed by atoms with Gasteiger partial charge in [0, 0.05) is 22.2 Å². The molecule has 0 unspecified atom stereocenters. The van der Waals surface area contributed by atoms with Crippen LogP contribution in [0, 0.1) is 0 Å². The third kappa shape index (κ3) is 3.26. The van der Waals surface area contributed by atoms with Crippen molar-refractivity contribution in [1.82, 2.24) is 0 Å². The molecule has 0 aliphatic heterocycles. The fourth-order valence-electron chi connectivity index (χ4n) is 1.56. The van der Waals surface area contributed by atoms with E-state index in [4.69, 9.17) is 10.5 Å². The van der Waals surface area contributed by atoms with Crippen LogP contribution in [0.4, 0.5) is 0 Å². The Hall–Kier alpha value is -0.940. The number of phenolic OH excluding ortho intramolecular Hbond substituents is 1. The fourth-order valence-corrected chi connectivity index (χ4v) is 2.14. The summed E-state index contributed by atoms with van der Waals surface area (Å²) >= 11 is 4.01. The smallest absolute Gasteiger partial charge is 0.128 e. The van der Waals surface area contributed by atoms with E-state index in [0.29, 0.717) is 17.0 Å². The third-order valence-electron chi connectivity index (χ3n) is 2.46. The van der Waals surface area contributed by atoms with Crippen LogP contribution in [0.3, 0.4) is 0 Å². The van der Waals surface area contributed by atoms with Gasteiger partial charge in [0.2, 0.25) is 0 Å². The van der Waals surface area contributed by atoms with Gasteiger partial charge in [-0.3, -0.25) is 0 Å². The molecule has 0 radical (unpaired) electrons. The summed E-state index contributed by atoms with van der Waals surface area (Å²) in [6, 6.07) is 3.45. The van der Waals surface area contributed by atoms with Crippen molar-refractivity contribution >= 4 is 28.2 Å². The quantitative estimate of drug-likeness (QED) is 0.580. The predicted octanol–water partition coefficient (Wildman–Crippen LogP) is 3.36. The molecule has 0 aliphatic rings. The molecule has 1 aromatic carbocycles. The zero-order chi connectivity index (χ0) is 13.0. The van der Waals surface area contributed by atoms with Gasteiger partial charge in [-0.15, -0.1) is 11.7 Å². The molecule has 3 N–H and O–H groups in total. The second kappa shape index (κ2) is 6.12. The van der Waals surface area contributed by atoms with Gasteiger partial charge in [0.05, 0.1) is 7.11 Å². The Morgan fingerprint density at radius 1 is 1.53 bits per heavy atom. The summed E-state index contributed by atoms with van der Waals surface area (Å²) in [5, 5.41) is 11.6. The van der Waals surface area contributed by atoms with Crippen LogP contribution < -0.4 is 10.5 Å². The number of methoxy groups -OCH3 is 1. The molecule has 0 saturated carbocycles. The molecule has 0 fully saturated rings. The number of nitrogens with two attached hydrogens (primary N) is 1. The molecule has 1 aromatic rings. The Morgan fingerprint density at radius 3 is 2.65 bits per heavy atom. The Bertz CT molecular complexity index is 431. The molecule has 3 nitrogen and oxygen atoms in total. The number of aromatic hydroxyl groups is 1. The average molecular weight is 271 g/mol. The highest BCUT2D eigenvalue weighted by Crippen LogP contribution is 2.35. The molecule has 0 aromatic heterocycles. The van der Waals surface area contributed by atoms with Gasteiger partial charge in [-0.25, -0.2) is 0 Å². The van der Waals surface area contributed by atoms with Gasteiger partial charge >= 0.3 is 0 Å². The minimum absolute atomic E-state index is 0.224. The van der Waals surface area contributed by atoms with Crippen LogP contribution >= 0.6 is 22.5 Å². The molecule has 0 spiro atoms. The lowest BCUT2D eigenvalue weighted by Gasteiger charge is -2.14.